The molecular weight excluding hydrogens is 374 g/mol. The second kappa shape index (κ2) is 7.34. The molecule has 1 heteroatoms. The predicted molar refractivity (Wildman–Crippen MR) is 131 cm³/mol. The summed E-state index contributed by atoms with van der Waals surface area (Å²) >= 11 is 0. The minimum Gasteiger partial charge on any atom is -0.191 e. The van der Waals surface area contributed by atoms with Crippen molar-refractivity contribution in [1.82, 2.24) is 0 Å². The molecule has 1 unspecified atom stereocenters. The maximum atomic E-state index is 2.65. The number of rotatable bonds is 4. The molecule has 1 aliphatic rings. The van der Waals surface area contributed by atoms with Crippen LogP contribution in [-0.4, -0.2) is 0 Å². The maximum Gasteiger partial charge on any atom is 0.221 e. The van der Waals surface area contributed by atoms with E-state index in [0.717, 1.165) is 19.3 Å². The van der Waals surface area contributed by atoms with Crippen LogP contribution in [0, 0.1) is 0 Å². The molecule has 0 amide bonds. The molecule has 0 saturated heterocycles. The van der Waals surface area contributed by atoms with E-state index in [1.54, 1.807) is 0 Å². The summed E-state index contributed by atoms with van der Waals surface area (Å²) in [6.07, 6.45) is 5.80. The van der Waals surface area contributed by atoms with Crippen LogP contribution in [0.1, 0.15) is 52.5 Å². The molecule has 5 rings (SSSR count). The predicted octanol–water partition coefficient (Wildman–Crippen LogP) is 7.66. The van der Waals surface area contributed by atoms with Gasteiger partial charge in [-0.1, -0.05) is 87.5 Å². The summed E-state index contributed by atoms with van der Waals surface area (Å²) in [7, 11) is 0. The Labute approximate surface area is 186 Å². The van der Waals surface area contributed by atoms with Crippen LogP contribution >= 0.6 is 0 Å². The molecule has 0 saturated carbocycles. The number of hydrogen-bond donors (Lipinski definition) is 0. The van der Waals surface area contributed by atoms with E-state index in [0.29, 0.717) is 0 Å². The highest BCUT2D eigenvalue weighted by molar-refractivity contribution is 6.02. The van der Waals surface area contributed by atoms with Gasteiger partial charge in [-0.15, -0.1) is 0 Å². The number of aromatic nitrogens is 1. The van der Waals surface area contributed by atoms with Crippen molar-refractivity contribution in [2.75, 3.05) is 0 Å². The standard InChI is InChI=1S/C30H32N/c1-5-29(4)30(6-2,7-3)27-20-14-13-19-25(27)28-24-18-12-11-17-23(24)26(21-31(28)29)22-15-9-8-10-16-22/h8-21H,5-7H2,1-4H3/q+1. The van der Waals surface area contributed by atoms with E-state index in [-0.39, 0.29) is 11.0 Å². The molecule has 1 atom stereocenters. The molecule has 3 aromatic carbocycles. The first kappa shape index (κ1) is 20.0. The molecule has 2 heterocycles. The van der Waals surface area contributed by atoms with Crippen molar-refractivity contribution >= 4 is 10.8 Å². The Morgan fingerprint density at radius 2 is 1.26 bits per heavy atom. The summed E-state index contributed by atoms with van der Waals surface area (Å²) in [5.41, 5.74) is 6.98. The van der Waals surface area contributed by atoms with Crippen molar-refractivity contribution in [2.24, 2.45) is 0 Å². The fourth-order valence-corrected chi connectivity index (χ4v) is 6.36. The van der Waals surface area contributed by atoms with Gasteiger partial charge in [0.15, 0.2) is 11.7 Å². The number of benzene rings is 3. The van der Waals surface area contributed by atoms with Gasteiger partial charge >= 0.3 is 0 Å². The van der Waals surface area contributed by atoms with Gasteiger partial charge in [-0.05, 0) is 36.1 Å². The van der Waals surface area contributed by atoms with Crippen LogP contribution in [0.5, 0.6) is 0 Å². The van der Waals surface area contributed by atoms with E-state index in [2.05, 4.69) is 117 Å². The minimum atomic E-state index is -0.00620. The molecule has 31 heavy (non-hydrogen) atoms. The van der Waals surface area contributed by atoms with Gasteiger partial charge in [-0.2, -0.15) is 4.57 Å². The molecule has 0 N–H and O–H groups in total. The summed E-state index contributed by atoms with van der Waals surface area (Å²) in [4.78, 5) is 0. The Bertz CT molecular complexity index is 1250. The highest BCUT2D eigenvalue weighted by Crippen LogP contribution is 2.53. The summed E-state index contributed by atoms with van der Waals surface area (Å²) in [5, 5.41) is 2.67. The van der Waals surface area contributed by atoms with Crippen LogP contribution in [-0.2, 0) is 11.0 Å². The summed E-state index contributed by atoms with van der Waals surface area (Å²) in [5.74, 6) is 0. The SMILES string of the molecule is CCC1(CC)c2ccccc2-c2c3ccccc3c(-c3ccccc3)c[n+]2C1(C)CC. The third kappa shape index (κ3) is 2.59. The van der Waals surface area contributed by atoms with E-state index < -0.39 is 0 Å². The van der Waals surface area contributed by atoms with Gasteiger partial charge in [0.2, 0.25) is 5.69 Å². The van der Waals surface area contributed by atoms with Crippen LogP contribution < -0.4 is 4.57 Å². The number of hydrogen-bond acceptors (Lipinski definition) is 0. The zero-order valence-corrected chi connectivity index (χ0v) is 19.2. The molecule has 4 aromatic rings. The first-order chi connectivity index (χ1) is 15.1. The van der Waals surface area contributed by atoms with Gasteiger partial charge in [0, 0.05) is 18.7 Å². The lowest BCUT2D eigenvalue weighted by molar-refractivity contribution is -0.764. The molecule has 0 radical (unpaired) electrons. The van der Waals surface area contributed by atoms with Gasteiger partial charge in [0.25, 0.3) is 0 Å². The summed E-state index contributed by atoms with van der Waals surface area (Å²) in [6, 6.07) is 29.0. The first-order valence-electron chi connectivity index (χ1n) is 11.7. The molecular formula is C30H32N+. The smallest absolute Gasteiger partial charge is 0.191 e. The van der Waals surface area contributed by atoms with Crippen molar-refractivity contribution in [3.63, 3.8) is 0 Å². The van der Waals surface area contributed by atoms with E-state index in [1.165, 1.54) is 38.7 Å². The molecule has 1 aliphatic heterocycles. The number of nitrogens with zero attached hydrogens (tertiary/aromatic N) is 1. The highest BCUT2D eigenvalue weighted by atomic mass is 15.1. The molecule has 1 nitrogen and oxygen atoms in total. The lowest BCUT2D eigenvalue weighted by atomic mass is 9.58. The summed E-state index contributed by atoms with van der Waals surface area (Å²) < 4.78 is 2.65. The third-order valence-electron chi connectivity index (χ3n) is 8.21. The van der Waals surface area contributed by atoms with Gasteiger partial charge in [0.1, 0.15) is 0 Å². The quantitative estimate of drug-likeness (QED) is 0.306. The maximum absolute atomic E-state index is 2.65. The molecule has 1 aromatic heterocycles. The van der Waals surface area contributed by atoms with Gasteiger partial charge in [-0.25, -0.2) is 0 Å². The number of fused-ring (bicyclic) bond motifs is 5. The second-order valence-electron chi connectivity index (χ2n) is 9.14. The van der Waals surface area contributed by atoms with Crippen LogP contribution in [0.4, 0.5) is 0 Å². The lowest BCUT2D eigenvalue weighted by Crippen LogP contribution is -2.68. The van der Waals surface area contributed by atoms with Crippen LogP contribution in [0.3, 0.4) is 0 Å². The average Bonchev–Trinajstić information content (AvgIpc) is 2.84. The Kier molecular flexibility index (Phi) is 4.73. The van der Waals surface area contributed by atoms with E-state index >= 15 is 0 Å². The van der Waals surface area contributed by atoms with E-state index in [1.807, 2.05) is 0 Å². The Morgan fingerprint density at radius 3 is 1.94 bits per heavy atom. The van der Waals surface area contributed by atoms with Gasteiger partial charge in [0.05, 0.1) is 21.9 Å². The fraction of sp³-hybridized carbons (Fsp3) is 0.300. The zero-order valence-electron chi connectivity index (χ0n) is 19.2. The second-order valence-corrected chi connectivity index (χ2v) is 9.14. The Balaban J connectivity index is 1.99. The van der Waals surface area contributed by atoms with E-state index in [9.17, 15) is 0 Å². The summed E-state index contributed by atoms with van der Waals surface area (Å²) in [6.45, 7) is 9.60. The van der Waals surface area contributed by atoms with Crippen LogP contribution in [0.2, 0.25) is 0 Å². The van der Waals surface area contributed by atoms with Gasteiger partial charge < -0.3 is 0 Å². The van der Waals surface area contributed by atoms with Crippen molar-refractivity contribution in [3.8, 4) is 22.4 Å². The average molecular weight is 407 g/mol. The third-order valence-corrected chi connectivity index (χ3v) is 8.21. The van der Waals surface area contributed by atoms with Crippen molar-refractivity contribution < 1.29 is 4.57 Å². The zero-order chi connectivity index (χ0) is 21.6. The monoisotopic (exact) mass is 406 g/mol. The fourth-order valence-electron chi connectivity index (χ4n) is 6.36. The molecule has 0 fully saturated rings. The van der Waals surface area contributed by atoms with Crippen molar-refractivity contribution in [1.29, 1.82) is 0 Å². The lowest BCUT2D eigenvalue weighted by Gasteiger charge is -2.48. The topological polar surface area (TPSA) is 3.88 Å². The minimum absolute atomic E-state index is 0.00620. The van der Waals surface area contributed by atoms with Crippen molar-refractivity contribution in [3.05, 3.63) is 90.6 Å². The molecule has 0 aliphatic carbocycles. The molecule has 0 bridgehead atoms. The van der Waals surface area contributed by atoms with E-state index in [4.69, 9.17) is 0 Å². The molecule has 156 valence electrons. The first-order valence-corrected chi connectivity index (χ1v) is 11.7. The number of pyridine rings is 1. The van der Waals surface area contributed by atoms with Crippen LogP contribution in [0.15, 0.2) is 85.1 Å². The van der Waals surface area contributed by atoms with Crippen LogP contribution in [0.25, 0.3) is 33.2 Å². The largest absolute Gasteiger partial charge is 0.221 e. The van der Waals surface area contributed by atoms with Crippen molar-refractivity contribution in [2.45, 2.75) is 57.9 Å². The molecule has 0 spiro atoms. The Hall–Kier alpha value is -2.93. The highest BCUT2D eigenvalue weighted by Gasteiger charge is 2.58. The normalized spacial score (nSPS) is 19.1. The van der Waals surface area contributed by atoms with Gasteiger partial charge in [-0.3, -0.25) is 0 Å². The Morgan fingerprint density at radius 1 is 0.645 bits per heavy atom.